The van der Waals surface area contributed by atoms with Gasteiger partial charge in [-0.3, -0.25) is 4.99 Å². The zero-order valence-electron chi connectivity index (χ0n) is 7.79. The maximum atomic E-state index is 4.46. The molecule has 0 unspecified atom stereocenters. The van der Waals surface area contributed by atoms with Crippen LogP contribution in [0.15, 0.2) is 4.99 Å². The third-order valence-electron chi connectivity index (χ3n) is 2.69. The van der Waals surface area contributed by atoms with Crippen LogP contribution in [0.25, 0.3) is 0 Å². The van der Waals surface area contributed by atoms with Gasteiger partial charge in [0.05, 0.1) is 6.54 Å². The van der Waals surface area contributed by atoms with Gasteiger partial charge >= 0.3 is 0 Å². The number of nitrogens with zero attached hydrogens (tertiary/aromatic N) is 2. The van der Waals surface area contributed by atoms with Gasteiger partial charge in [-0.15, -0.1) is 0 Å². The molecule has 0 amide bonds. The van der Waals surface area contributed by atoms with Gasteiger partial charge in [0.1, 0.15) is 0 Å². The number of thioether (sulfide) groups is 1. The summed E-state index contributed by atoms with van der Waals surface area (Å²) in [6.45, 7) is 8.13. The van der Waals surface area contributed by atoms with E-state index >= 15 is 0 Å². The molecule has 0 radical (unpaired) electrons. The predicted octanol–water partition coefficient (Wildman–Crippen LogP) is 1.68. The van der Waals surface area contributed by atoms with Crippen LogP contribution >= 0.6 is 11.8 Å². The lowest BCUT2D eigenvalue weighted by molar-refractivity contribution is 0.144. The van der Waals surface area contributed by atoms with Crippen molar-refractivity contribution in [2.75, 3.05) is 25.4 Å². The first-order chi connectivity index (χ1) is 5.77. The van der Waals surface area contributed by atoms with Crippen molar-refractivity contribution < 1.29 is 0 Å². The summed E-state index contributed by atoms with van der Waals surface area (Å²) in [6.07, 6.45) is 0. The first-order valence-electron chi connectivity index (χ1n) is 4.69. The van der Waals surface area contributed by atoms with E-state index in [2.05, 4.69) is 23.7 Å². The highest BCUT2D eigenvalue weighted by Crippen LogP contribution is 2.28. The molecule has 0 bridgehead atoms. The molecule has 2 heterocycles. The number of hydrogen-bond donors (Lipinski definition) is 0. The summed E-state index contributed by atoms with van der Waals surface area (Å²) >= 11 is 1.92. The molecular formula is C9H16N2S. The number of hydrogen-bond acceptors (Lipinski definition) is 3. The second kappa shape index (κ2) is 3.29. The molecule has 2 rings (SSSR count). The molecule has 0 aromatic rings. The SMILES string of the molecule is CC(C)C1CN(C2=NCCS2)C1. The van der Waals surface area contributed by atoms with E-state index in [1.54, 1.807) is 0 Å². The summed E-state index contributed by atoms with van der Waals surface area (Å²) in [6, 6.07) is 0. The fourth-order valence-electron chi connectivity index (χ4n) is 1.61. The average molecular weight is 184 g/mol. The van der Waals surface area contributed by atoms with Crippen molar-refractivity contribution in [3.63, 3.8) is 0 Å². The largest absolute Gasteiger partial charge is 0.351 e. The van der Waals surface area contributed by atoms with Gasteiger partial charge in [-0.05, 0) is 11.8 Å². The Morgan fingerprint density at radius 2 is 2.25 bits per heavy atom. The van der Waals surface area contributed by atoms with Gasteiger partial charge in [0, 0.05) is 18.8 Å². The molecule has 2 nitrogen and oxygen atoms in total. The van der Waals surface area contributed by atoms with E-state index in [1.807, 2.05) is 11.8 Å². The van der Waals surface area contributed by atoms with Crippen molar-refractivity contribution in [1.29, 1.82) is 0 Å². The molecule has 1 fully saturated rings. The van der Waals surface area contributed by atoms with Gasteiger partial charge < -0.3 is 4.90 Å². The first-order valence-corrected chi connectivity index (χ1v) is 5.68. The van der Waals surface area contributed by atoms with Crippen molar-refractivity contribution in [2.45, 2.75) is 13.8 Å². The summed E-state index contributed by atoms with van der Waals surface area (Å²) < 4.78 is 0. The van der Waals surface area contributed by atoms with Crippen molar-refractivity contribution in [2.24, 2.45) is 16.8 Å². The lowest BCUT2D eigenvalue weighted by Crippen LogP contribution is -2.50. The van der Waals surface area contributed by atoms with Crippen molar-refractivity contribution in [1.82, 2.24) is 4.90 Å². The highest BCUT2D eigenvalue weighted by molar-refractivity contribution is 8.14. The Kier molecular flexibility index (Phi) is 2.31. The Bertz CT molecular complexity index is 195. The molecule has 2 aliphatic rings. The van der Waals surface area contributed by atoms with E-state index in [-0.39, 0.29) is 0 Å². The molecule has 0 spiro atoms. The molecule has 1 saturated heterocycles. The zero-order valence-corrected chi connectivity index (χ0v) is 8.60. The van der Waals surface area contributed by atoms with Crippen LogP contribution in [0.5, 0.6) is 0 Å². The topological polar surface area (TPSA) is 15.6 Å². The maximum absolute atomic E-state index is 4.46. The van der Waals surface area contributed by atoms with Gasteiger partial charge in [-0.2, -0.15) is 0 Å². The van der Waals surface area contributed by atoms with E-state index in [1.165, 1.54) is 24.0 Å². The van der Waals surface area contributed by atoms with E-state index in [9.17, 15) is 0 Å². The Balaban J connectivity index is 1.81. The quantitative estimate of drug-likeness (QED) is 0.616. The summed E-state index contributed by atoms with van der Waals surface area (Å²) in [4.78, 5) is 6.88. The van der Waals surface area contributed by atoms with Crippen molar-refractivity contribution in [3.8, 4) is 0 Å². The summed E-state index contributed by atoms with van der Waals surface area (Å²) in [5.74, 6) is 2.94. The fraction of sp³-hybridized carbons (Fsp3) is 0.889. The predicted molar refractivity (Wildman–Crippen MR) is 54.7 cm³/mol. The monoisotopic (exact) mass is 184 g/mol. The standard InChI is InChI=1S/C9H16N2S/c1-7(2)8-5-11(6-8)9-10-3-4-12-9/h7-8H,3-6H2,1-2H3. The molecule has 0 aliphatic carbocycles. The average Bonchev–Trinajstić information content (AvgIpc) is 2.34. The molecule has 0 N–H and O–H groups in total. The maximum Gasteiger partial charge on any atom is 0.159 e. The van der Waals surface area contributed by atoms with Gasteiger partial charge in [0.25, 0.3) is 0 Å². The van der Waals surface area contributed by atoms with E-state index in [4.69, 9.17) is 0 Å². The lowest BCUT2D eigenvalue weighted by atomic mass is 9.89. The van der Waals surface area contributed by atoms with Gasteiger partial charge in [0.15, 0.2) is 5.17 Å². The summed E-state index contributed by atoms with van der Waals surface area (Å²) in [7, 11) is 0. The molecule has 0 aromatic heterocycles. The highest BCUT2D eigenvalue weighted by Gasteiger charge is 2.32. The van der Waals surface area contributed by atoms with Gasteiger partial charge in [0.2, 0.25) is 0 Å². The third kappa shape index (κ3) is 1.47. The van der Waals surface area contributed by atoms with Gasteiger partial charge in [-0.1, -0.05) is 25.6 Å². The molecular weight excluding hydrogens is 168 g/mol. The van der Waals surface area contributed by atoms with Crippen molar-refractivity contribution >= 4 is 16.9 Å². The van der Waals surface area contributed by atoms with E-state index in [0.717, 1.165) is 18.4 Å². The second-order valence-corrected chi connectivity index (χ2v) is 4.98. The fourth-order valence-corrected chi connectivity index (χ4v) is 2.49. The van der Waals surface area contributed by atoms with Crippen LogP contribution in [0.2, 0.25) is 0 Å². The first kappa shape index (κ1) is 8.42. The molecule has 12 heavy (non-hydrogen) atoms. The van der Waals surface area contributed by atoms with E-state index in [0.29, 0.717) is 0 Å². The van der Waals surface area contributed by atoms with Crippen LogP contribution in [-0.4, -0.2) is 35.5 Å². The number of amidine groups is 1. The lowest BCUT2D eigenvalue weighted by Gasteiger charge is -2.42. The van der Waals surface area contributed by atoms with Crippen LogP contribution < -0.4 is 0 Å². The van der Waals surface area contributed by atoms with Crippen LogP contribution in [-0.2, 0) is 0 Å². The Morgan fingerprint density at radius 3 is 2.75 bits per heavy atom. The highest BCUT2D eigenvalue weighted by atomic mass is 32.2. The van der Waals surface area contributed by atoms with Gasteiger partial charge in [-0.25, -0.2) is 0 Å². The molecule has 3 heteroatoms. The summed E-state index contributed by atoms with van der Waals surface area (Å²) in [5, 5.41) is 1.30. The second-order valence-electron chi connectivity index (χ2n) is 3.92. The van der Waals surface area contributed by atoms with Crippen LogP contribution in [0.3, 0.4) is 0 Å². The number of likely N-dealkylation sites (tertiary alicyclic amines) is 1. The minimum atomic E-state index is 0.841. The molecule has 0 saturated carbocycles. The van der Waals surface area contributed by atoms with Crippen LogP contribution in [0.1, 0.15) is 13.8 Å². The normalized spacial score (nSPS) is 24.6. The Hall–Kier alpha value is -0.180. The van der Waals surface area contributed by atoms with E-state index < -0.39 is 0 Å². The Labute approximate surface area is 78.4 Å². The smallest absolute Gasteiger partial charge is 0.159 e. The molecule has 0 atom stereocenters. The number of aliphatic imine (C=N–C) groups is 1. The molecule has 0 aromatic carbocycles. The minimum absolute atomic E-state index is 0.841. The zero-order chi connectivity index (χ0) is 8.55. The van der Waals surface area contributed by atoms with Crippen LogP contribution in [0, 0.1) is 11.8 Å². The van der Waals surface area contributed by atoms with Crippen LogP contribution in [0.4, 0.5) is 0 Å². The third-order valence-corrected chi connectivity index (χ3v) is 3.72. The van der Waals surface area contributed by atoms with Crippen molar-refractivity contribution in [3.05, 3.63) is 0 Å². The Morgan fingerprint density at radius 1 is 1.50 bits per heavy atom. The molecule has 2 aliphatic heterocycles. The number of rotatable bonds is 1. The summed E-state index contributed by atoms with van der Waals surface area (Å²) in [5.41, 5.74) is 0. The minimum Gasteiger partial charge on any atom is -0.351 e. The molecule has 68 valence electrons.